The molecular formula is C14H18N4O7. The molecule has 1 amide bonds. The molecule has 0 saturated carbocycles. The lowest BCUT2D eigenvalue weighted by molar-refractivity contribution is -0.394. The summed E-state index contributed by atoms with van der Waals surface area (Å²) in [7, 11) is 0. The Morgan fingerprint density at radius 1 is 1.28 bits per heavy atom. The third-order valence-corrected chi connectivity index (χ3v) is 3.43. The molecule has 1 aromatic rings. The van der Waals surface area contributed by atoms with Crippen molar-refractivity contribution in [1.82, 2.24) is 5.43 Å². The largest absolute Gasteiger partial charge is 0.466 e. The van der Waals surface area contributed by atoms with Gasteiger partial charge in [-0.25, -0.2) is 5.84 Å². The molecule has 0 aromatic heterocycles. The molecule has 0 aliphatic heterocycles. The molecule has 0 aliphatic rings. The summed E-state index contributed by atoms with van der Waals surface area (Å²) in [6.07, 6.45) is 0.332. The van der Waals surface area contributed by atoms with E-state index in [4.69, 9.17) is 10.6 Å². The molecule has 0 aliphatic carbocycles. The van der Waals surface area contributed by atoms with E-state index in [2.05, 4.69) is 0 Å². The average molecular weight is 354 g/mol. The van der Waals surface area contributed by atoms with E-state index in [9.17, 15) is 29.8 Å². The zero-order valence-electron chi connectivity index (χ0n) is 13.5. The standard InChI is InChI=1S/C14H18N4O7/c1-2-25-14(20)11(4-3-5-13(19)16-15)10-7-6-9(17(21)22)8-12(10)18(23)24/h6-8,11H,2-5,15H2,1H3,(H,16,19). The minimum atomic E-state index is -1.02. The highest BCUT2D eigenvalue weighted by molar-refractivity contribution is 5.80. The maximum absolute atomic E-state index is 12.2. The van der Waals surface area contributed by atoms with E-state index in [0.29, 0.717) is 0 Å². The fourth-order valence-corrected chi connectivity index (χ4v) is 2.28. The van der Waals surface area contributed by atoms with Gasteiger partial charge in [-0.05, 0) is 25.8 Å². The Bertz CT molecular complexity index is 677. The van der Waals surface area contributed by atoms with Gasteiger partial charge in [-0.1, -0.05) is 0 Å². The molecule has 0 saturated heterocycles. The number of nitro groups is 2. The quantitative estimate of drug-likeness (QED) is 0.220. The molecule has 11 heteroatoms. The van der Waals surface area contributed by atoms with Crippen molar-refractivity contribution in [2.75, 3.05) is 6.61 Å². The van der Waals surface area contributed by atoms with Crippen molar-refractivity contribution < 1.29 is 24.2 Å². The van der Waals surface area contributed by atoms with E-state index in [-0.39, 0.29) is 31.4 Å². The number of ether oxygens (including phenoxy) is 1. The molecule has 0 heterocycles. The van der Waals surface area contributed by atoms with Crippen LogP contribution in [-0.4, -0.2) is 28.3 Å². The number of non-ortho nitro benzene ring substituents is 1. The minimum absolute atomic E-state index is 0.00204. The summed E-state index contributed by atoms with van der Waals surface area (Å²) in [6.45, 7) is 1.65. The minimum Gasteiger partial charge on any atom is -0.466 e. The summed E-state index contributed by atoms with van der Waals surface area (Å²) in [5.74, 6) is 2.81. The lowest BCUT2D eigenvalue weighted by Gasteiger charge is -2.16. The summed E-state index contributed by atoms with van der Waals surface area (Å²) in [5, 5.41) is 22.1. The maximum Gasteiger partial charge on any atom is 0.313 e. The SMILES string of the molecule is CCOC(=O)C(CCCC(=O)NN)c1ccc([N+](=O)[O-])cc1[N+](=O)[O-]. The van der Waals surface area contributed by atoms with Crippen LogP contribution < -0.4 is 11.3 Å². The van der Waals surface area contributed by atoms with Gasteiger partial charge in [0.05, 0.1) is 28.4 Å². The number of hydrogen-bond acceptors (Lipinski definition) is 8. The number of rotatable bonds is 9. The maximum atomic E-state index is 12.2. The van der Waals surface area contributed by atoms with Crippen LogP contribution in [0.4, 0.5) is 11.4 Å². The van der Waals surface area contributed by atoms with E-state index < -0.39 is 39.0 Å². The van der Waals surface area contributed by atoms with Crippen LogP contribution in [0.3, 0.4) is 0 Å². The Morgan fingerprint density at radius 3 is 2.48 bits per heavy atom. The molecule has 0 radical (unpaired) electrons. The van der Waals surface area contributed by atoms with Gasteiger partial charge in [0.2, 0.25) is 5.91 Å². The van der Waals surface area contributed by atoms with Crippen LogP contribution in [0.5, 0.6) is 0 Å². The van der Waals surface area contributed by atoms with Crippen molar-refractivity contribution >= 4 is 23.3 Å². The molecule has 1 atom stereocenters. The molecule has 25 heavy (non-hydrogen) atoms. The highest BCUT2D eigenvalue weighted by Crippen LogP contribution is 2.34. The zero-order valence-corrected chi connectivity index (χ0v) is 13.5. The van der Waals surface area contributed by atoms with Crippen molar-refractivity contribution in [1.29, 1.82) is 0 Å². The van der Waals surface area contributed by atoms with Crippen LogP contribution in [0, 0.1) is 20.2 Å². The van der Waals surface area contributed by atoms with Crippen LogP contribution in [0.15, 0.2) is 18.2 Å². The van der Waals surface area contributed by atoms with Gasteiger partial charge in [0, 0.05) is 18.1 Å². The Labute approximate surface area is 142 Å². The van der Waals surface area contributed by atoms with E-state index in [1.165, 1.54) is 6.07 Å². The second-order valence-corrected chi connectivity index (χ2v) is 5.02. The van der Waals surface area contributed by atoms with Crippen LogP contribution in [0.25, 0.3) is 0 Å². The molecule has 1 rings (SSSR count). The first-order valence-corrected chi connectivity index (χ1v) is 7.40. The van der Waals surface area contributed by atoms with Crippen molar-refractivity contribution in [2.24, 2.45) is 5.84 Å². The molecular weight excluding hydrogens is 336 g/mol. The van der Waals surface area contributed by atoms with Crippen molar-refractivity contribution in [3.63, 3.8) is 0 Å². The van der Waals surface area contributed by atoms with Gasteiger partial charge in [-0.2, -0.15) is 0 Å². The van der Waals surface area contributed by atoms with Crippen LogP contribution in [0.1, 0.15) is 37.7 Å². The first kappa shape index (κ1) is 20.0. The number of carbonyl (C=O) groups excluding carboxylic acids is 2. The lowest BCUT2D eigenvalue weighted by atomic mass is 9.91. The number of carbonyl (C=O) groups is 2. The first-order chi connectivity index (χ1) is 11.8. The number of hydrazine groups is 1. The van der Waals surface area contributed by atoms with Crippen LogP contribution >= 0.6 is 0 Å². The number of nitrogens with two attached hydrogens (primary N) is 1. The Kier molecular flexibility index (Phi) is 7.41. The highest BCUT2D eigenvalue weighted by atomic mass is 16.6. The Hall–Kier alpha value is -3.08. The summed E-state index contributed by atoms with van der Waals surface area (Å²) >= 11 is 0. The van der Waals surface area contributed by atoms with E-state index in [1.807, 2.05) is 5.43 Å². The predicted octanol–water partition coefficient (Wildman–Crippen LogP) is 1.31. The predicted molar refractivity (Wildman–Crippen MR) is 85.3 cm³/mol. The Morgan fingerprint density at radius 2 is 1.96 bits per heavy atom. The number of hydrogen-bond donors (Lipinski definition) is 2. The van der Waals surface area contributed by atoms with Gasteiger partial charge in [-0.15, -0.1) is 0 Å². The second-order valence-electron chi connectivity index (χ2n) is 5.02. The van der Waals surface area contributed by atoms with Gasteiger partial charge in [-0.3, -0.25) is 35.2 Å². The topological polar surface area (TPSA) is 168 Å². The van der Waals surface area contributed by atoms with Gasteiger partial charge < -0.3 is 4.74 Å². The van der Waals surface area contributed by atoms with Crippen LogP contribution in [-0.2, 0) is 14.3 Å². The smallest absolute Gasteiger partial charge is 0.313 e. The number of nitrogens with one attached hydrogen (secondary N) is 1. The normalized spacial score (nSPS) is 11.4. The number of amides is 1. The summed E-state index contributed by atoms with van der Waals surface area (Å²) < 4.78 is 4.93. The monoisotopic (exact) mass is 354 g/mol. The average Bonchev–Trinajstić information content (AvgIpc) is 2.58. The summed E-state index contributed by atoms with van der Waals surface area (Å²) in [5.41, 5.74) is 0.943. The first-order valence-electron chi connectivity index (χ1n) is 7.40. The van der Waals surface area contributed by atoms with E-state index >= 15 is 0 Å². The molecule has 3 N–H and O–H groups in total. The third kappa shape index (κ3) is 5.49. The van der Waals surface area contributed by atoms with E-state index in [1.54, 1.807) is 6.92 Å². The fourth-order valence-electron chi connectivity index (χ4n) is 2.28. The van der Waals surface area contributed by atoms with Crippen LogP contribution in [0.2, 0.25) is 0 Å². The highest BCUT2D eigenvalue weighted by Gasteiger charge is 2.30. The third-order valence-electron chi connectivity index (χ3n) is 3.43. The van der Waals surface area contributed by atoms with Gasteiger partial charge in [0.15, 0.2) is 0 Å². The number of esters is 1. The molecule has 1 unspecified atom stereocenters. The molecule has 136 valence electrons. The Balaban J connectivity index is 3.19. The molecule has 0 fully saturated rings. The number of nitro benzene ring substituents is 2. The van der Waals surface area contributed by atoms with E-state index in [0.717, 1.165) is 12.1 Å². The van der Waals surface area contributed by atoms with Gasteiger partial charge in [0.1, 0.15) is 0 Å². The van der Waals surface area contributed by atoms with Gasteiger partial charge >= 0.3 is 5.97 Å². The van der Waals surface area contributed by atoms with Gasteiger partial charge in [0.25, 0.3) is 11.4 Å². The van der Waals surface area contributed by atoms with Crippen molar-refractivity contribution in [2.45, 2.75) is 32.1 Å². The molecule has 1 aromatic carbocycles. The van der Waals surface area contributed by atoms with Crippen molar-refractivity contribution in [3.05, 3.63) is 44.0 Å². The van der Waals surface area contributed by atoms with Crippen molar-refractivity contribution in [3.8, 4) is 0 Å². The molecule has 11 nitrogen and oxygen atoms in total. The molecule has 0 spiro atoms. The summed E-state index contributed by atoms with van der Waals surface area (Å²) in [6, 6.07) is 3.05. The molecule has 0 bridgehead atoms. The lowest BCUT2D eigenvalue weighted by Crippen LogP contribution is -2.29. The fraction of sp³-hybridized carbons (Fsp3) is 0.429. The zero-order chi connectivity index (χ0) is 19.0. The number of benzene rings is 1. The second kappa shape index (κ2) is 9.27. The summed E-state index contributed by atoms with van der Waals surface area (Å²) in [4.78, 5) is 43.9. The number of nitrogens with zero attached hydrogens (tertiary/aromatic N) is 2.